The number of nitrogens with zero attached hydrogens (tertiary/aromatic N) is 1. The van der Waals surface area contributed by atoms with Gasteiger partial charge in [-0.3, -0.25) is 9.59 Å². The summed E-state index contributed by atoms with van der Waals surface area (Å²) in [5, 5.41) is 12.1. The summed E-state index contributed by atoms with van der Waals surface area (Å²) < 4.78 is 5.56. The van der Waals surface area contributed by atoms with E-state index in [1.165, 1.54) is 4.90 Å². The number of ether oxygens (including phenoxy) is 1. The summed E-state index contributed by atoms with van der Waals surface area (Å²) in [6, 6.07) is 5.83. The van der Waals surface area contributed by atoms with E-state index in [-0.39, 0.29) is 17.9 Å². The summed E-state index contributed by atoms with van der Waals surface area (Å²) in [6.45, 7) is 2.37. The molecule has 3 rings (SSSR count). The van der Waals surface area contributed by atoms with Crippen molar-refractivity contribution in [3.05, 3.63) is 29.8 Å². The molecule has 1 aromatic rings. The Kier molecular flexibility index (Phi) is 5.56. The van der Waals surface area contributed by atoms with Crippen molar-refractivity contribution < 1.29 is 24.2 Å². The van der Waals surface area contributed by atoms with Crippen molar-refractivity contribution in [1.82, 2.24) is 4.90 Å². The summed E-state index contributed by atoms with van der Waals surface area (Å²) in [7, 11) is 0. The zero-order valence-corrected chi connectivity index (χ0v) is 14.8. The highest BCUT2D eigenvalue weighted by Crippen LogP contribution is 2.23. The normalized spacial score (nSPS) is 25.7. The maximum Gasteiger partial charge on any atom is 0.326 e. The molecule has 2 amide bonds. The fourth-order valence-corrected chi connectivity index (χ4v) is 3.55. The highest BCUT2D eigenvalue weighted by atomic mass is 16.5. The first-order chi connectivity index (χ1) is 12.5. The summed E-state index contributed by atoms with van der Waals surface area (Å²) in [6.07, 6.45) is 3.20. The van der Waals surface area contributed by atoms with Crippen LogP contribution in [0.2, 0.25) is 0 Å². The third-order valence-electron chi connectivity index (χ3n) is 4.95. The number of anilines is 1. The number of amides is 2. The number of hydrogen-bond acceptors (Lipinski definition) is 4. The molecule has 0 aromatic heterocycles. The van der Waals surface area contributed by atoms with Crippen LogP contribution in [0, 0.1) is 0 Å². The Morgan fingerprint density at radius 3 is 2.69 bits per heavy atom. The predicted molar refractivity (Wildman–Crippen MR) is 95.0 cm³/mol. The van der Waals surface area contributed by atoms with Crippen LogP contribution in [-0.4, -0.2) is 52.6 Å². The number of benzene rings is 1. The van der Waals surface area contributed by atoms with Crippen LogP contribution in [-0.2, 0) is 14.3 Å². The second-order valence-electron chi connectivity index (χ2n) is 6.93. The van der Waals surface area contributed by atoms with Gasteiger partial charge in [-0.15, -0.1) is 0 Å². The molecule has 0 spiro atoms. The van der Waals surface area contributed by atoms with Gasteiger partial charge in [-0.2, -0.15) is 0 Å². The van der Waals surface area contributed by atoms with Gasteiger partial charge in [-0.25, -0.2) is 4.79 Å². The van der Waals surface area contributed by atoms with Crippen LogP contribution in [0.25, 0.3) is 0 Å². The number of carbonyl (C=O) groups is 3. The van der Waals surface area contributed by atoms with Crippen molar-refractivity contribution in [1.29, 1.82) is 0 Å². The van der Waals surface area contributed by atoms with Crippen molar-refractivity contribution in [2.75, 3.05) is 11.9 Å². The first kappa shape index (κ1) is 18.4. The van der Waals surface area contributed by atoms with Crippen LogP contribution in [0.1, 0.15) is 49.4 Å². The lowest BCUT2D eigenvalue weighted by Crippen LogP contribution is -2.48. The van der Waals surface area contributed by atoms with Gasteiger partial charge in [0.15, 0.2) is 0 Å². The van der Waals surface area contributed by atoms with E-state index in [4.69, 9.17) is 4.74 Å². The Morgan fingerprint density at radius 2 is 2.00 bits per heavy atom. The van der Waals surface area contributed by atoms with Crippen molar-refractivity contribution in [2.45, 2.75) is 57.3 Å². The standard InChI is InChI=1S/C19H24N2O5/c1-12-8-9-16(26-12)17(22)20-14-6-4-5-13(11-14)18(23)21-10-3-2-7-15(21)19(24)25/h4-6,11-12,15-16H,2-3,7-10H2,1H3,(H,20,22)(H,24,25). The summed E-state index contributed by atoms with van der Waals surface area (Å²) >= 11 is 0. The zero-order valence-electron chi connectivity index (χ0n) is 14.8. The number of carboxylic acids is 1. The summed E-state index contributed by atoms with van der Waals surface area (Å²) in [5.74, 6) is -1.52. The lowest BCUT2D eigenvalue weighted by atomic mass is 10.0. The Morgan fingerprint density at radius 1 is 1.19 bits per heavy atom. The van der Waals surface area contributed by atoms with E-state index in [0.29, 0.717) is 30.6 Å². The second kappa shape index (κ2) is 7.86. The number of carboxylic acid groups (broad SMARTS) is 1. The zero-order chi connectivity index (χ0) is 18.7. The van der Waals surface area contributed by atoms with Gasteiger partial charge in [0.25, 0.3) is 11.8 Å². The number of likely N-dealkylation sites (tertiary alicyclic amines) is 1. The van der Waals surface area contributed by atoms with Crippen LogP contribution < -0.4 is 5.32 Å². The monoisotopic (exact) mass is 360 g/mol. The Labute approximate surface area is 152 Å². The number of piperidine rings is 1. The molecule has 3 unspecified atom stereocenters. The maximum atomic E-state index is 12.8. The van der Waals surface area contributed by atoms with E-state index in [1.807, 2.05) is 6.92 Å². The Bertz CT molecular complexity index is 705. The SMILES string of the molecule is CC1CCC(C(=O)Nc2cccc(C(=O)N3CCCCC3C(=O)O)c2)O1. The van der Waals surface area contributed by atoms with E-state index in [1.54, 1.807) is 24.3 Å². The third kappa shape index (κ3) is 4.04. The van der Waals surface area contributed by atoms with Gasteiger partial charge in [0.1, 0.15) is 12.1 Å². The molecule has 7 heteroatoms. The van der Waals surface area contributed by atoms with Crippen molar-refractivity contribution >= 4 is 23.5 Å². The van der Waals surface area contributed by atoms with Crippen LogP contribution in [0.5, 0.6) is 0 Å². The molecule has 2 aliphatic rings. The van der Waals surface area contributed by atoms with Gasteiger partial charge in [-0.1, -0.05) is 6.07 Å². The third-order valence-corrected chi connectivity index (χ3v) is 4.95. The van der Waals surface area contributed by atoms with Crippen LogP contribution in [0.4, 0.5) is 5.69 Å². The molecule has 26 heavy (non-hydrogen) atoms. The molecule has 2 heterocycles. The van der Waals surface area contributed by atoms with Gasteiger partial charge in [0.05, 0.1) is 6.10 Å². The van der Waals surface area contributed by atoms with Crippen LogP contribution in [0.15, 0.2) is 24.3 Å². The van der Waals surface area contributed by atoms with E-state index < -0.39 is 18.1 Å². The summed E-state index contributed by atoms with van der Waals surface area (Å²) in [4.78, 5) is 37.9. The first-order valence-electron chi connectivity index (χ1n) is 9.06. The number of carbonyl (C=O) groups excluding carboxylic acids is 2. The fourth-order valence-electron chi connectivity index (χ4n) is 3.55. The fraction of sp³-hybridized carbons (Fsp3) is 0.526. The van der Waals surface area contributed by atoms with Gasteiger partial charge >= 0.3 is 5.97 Å². The highest BCUT2D eigenvalue weighted by Gasteiger charge is 2.33. The number of aliphatic carboxylic acids is 1. The lowest BCUT2D eigenvalue weighted by molar-refractivity contribution is -0.143. The second-order valence-corrected chi connectivity index (χ2v) is 6.93. The molecule has 2 aliphatic heterocycles. The minimum atomic E-state index is -0.977. The molecular formula is C19H24N2O5. The molecule has 2 saturated heterocycles. The van der Waals surface area contributed by atoms with Crippen LogP contribution in [0.3, 0.4) is 0 Å². The van der Waals surface area contributed by atoms with Crippen LogP contribution >= 0.6 is 0 Å². The molecule has 0 bridgehead atoms. The molecule has 2 N–H and O–H groups in total. The predicted octanol–water partition coefficient (Wildman–Crippen LogP) is 2.27. The first-order valence-corrected chi connectivity index (χ1v) is 9.06. The topological polar surface area (TPSA) is 95.9 Å². The van der Waals surface area contributed by atoms with E-state index in [2.05, 4.69) is 5.32 Å². The quantitative estimate of drug-likeness (QED) is 0.859. The van der Waals surface area contributed by atoms with Gasteiger partial charge < -0.3 is 20.1 Å². The van der Waals surface area contributed by atoms with Gasteiger partial charge in [-0.05, 0) is 57.2 Å². The highest BCUT2D eigenvalue weighted by molar-refractivity contribution is 5.99. The minimum absolute atomic E-state index is 0.0747. The molecule has 140 valence electrons. The van der Waals surface area contributed by atoms with Gasteiger partial charge in [0, 0.05) is 17.8 Å². The number of nitrogens with one attached hydrogen (secondary N) is 1. The molecule has 2 fully saturated rings. The van der Waals surface area contributed by atoms with E-state index in [0.717, 1.165) is 19.3 Å². The Hall–Kier alpha value is -2.41. The van der Waals surface area contributed by atoms with Gasteiger partial charge in [0.2, 0.25) is 0 Å². The number of hydrogen-bond donors (Lipinski definition) is 2. The maximum absolute atomic E-state index is 12.8. The average molecular weight is 360 g/mol. The minimum Gasteiger partial charge on any atom is -0.480 e. The number of rotatable bonds is 4. The summed E-state index contributed by atoms with van der Waals surface area (Å²) in [5.41, 5.74) is 0.879. The van der Waals surface area contributed by atoms with Crippen molar-refractivity contribution in [2.24, 2.45) is 0 Å². The average Bonchev–Trinajstić information content (AvgIpc) is 3.08. The molecule has 1 aromatic carbocycles. The molecule has 0 aliphatic carbocycles. The van der Waals surface area contributed by atoms with E-state index >= 15 is 0 Å². The molecule has 0 saturated carbocycles. The Balaban J connectivity index is 1.71. The van der Waals surface area contributed by atoms with Crippen molar-refractivity contribution in [3.63, 3.8) is 0 Å². The molecule has 3 atom stereocenters. The lowest BCUT2D eigenvalue weighted by Gasteiger charge is -2.33. The molecule has 0 radical (unpaired) electrons. The largest absolute Gasteiger partial charge is 0.480 e. The van der Waals surface area contributed by atoms with Crippen molar-refractivity contribution in [3.8, 4) is 0 Å². The molecule has 7 nitrogen and oxygen atoms in total. The van der Waals surface area contributed by atoms with E-state index in [9.17, 15) is 19.5 Å². The molecular weight excluding hydrogens is 336 g/mol. The smallest absolute Gasteiger partial charge is 0.326 e.